The average molecular weight is 412 g/mol. The Morgan fingerprint density at radius 3 is 2.37 bits per heavy atom. The molecule has 1 heterocycles. The Labute approximate surface area is 173 Å². The molecule has 0 fully saturated rings. The van der Waals surface area contributed by atoms with Crippen molar-refractivity contribution in [2.45, 2.75) is 13.8 Å². The zero-order valence-electron chi connectivity index (χ0n) is 16.7. The van der Waals surface area contributed by atoms with Gasteiger partial charge in [0.2, 0.25) is 0 Å². The normalized spacial score (nSPS) is 14.0. The first-order chi connectivity index (χ1) is 14.3. The first kappa shape index (κ1) is 21.2. The van der Waals surface area contributed by atoms with Gasteiger partial charge in [-0.3, -0.25) is 14.5 Å². The summed E-state index contributed by atoms with van der Waals surface area (Å²) in [5.41, 5.74) is 0.785. The van der Waals surface area contributed by atoms with Crippen LogP contribution in [0.25, 0.3) is 5.57 Å². The Morgan fingerprint density at radius 2 is 1.77 bits per heavy atom. The van der Waals surface area contributed by atoms with Gasteiger partial charge in [-0.25, -0.2) is 8.78 Å². The maximum Gasteiger partial charge on any atom is 0.278 e. The first-order valence-electron chi connectivity index (χ1n) is 9.48. The number of anilines is 1. The highest BCUT2D eigenvalue weighted by Crippen LogP contribution is 2.31. The van der Waals surface area contributed by atoms with Crippen molar-refractivity contribution in [2.75, 3.05) is 18.5 Å². The smallest absolute Gasteiger partial charge is 0.278 e. The molecule has 5 nitrogen and oxygen atoms in total. The summed E-state index contributed by atoms with van der Waals surface area (Å²) in [5.74, 6) is -2.13. The SMILES string of the molecule is C=CCN1C(=O)C(Nc2ccc(F)c(F)c2)=C(c2ccc(OCC(C)C)cc2)C1=O. The molecule has 0 aromatic heterocycles. The fraction of sp³-hybridized carbons (Fsp3) is 0.217. The monoisotopic (exact) mass is 412 g/mol. The molecular weight excluding hydrogens is 390 g/mol. The van der Waals surface area contributed by atoms with E-state index in [1.807, 2.05) is 13.8 Å². The molecule has 0 unspecified atom stereocenters. The summed E-state index contributed by atoms with van der Waals surface area (Å²) >= 11 is 0. The van der Waals surface area contributed by atoms with Crippen LogP contribution in [0.5, 0.6) is 5.75 Å². The van der Waals surface area contributed by atoms with Gasteiger partial charge in [-0.05, 0) is 35.7 Å². The van der Waals surface area contributed by atoms with Gasteiger partial charge in [-0.2, -0.15) is 0 Å². The van der Waals surface area contributed by atoms with Crippen LogP contribution >= 0.6 is 0 Å². The molecule has 3 rings (SSSR count). The lowest BCUT2D eigenvalue weighted by molar-refractivity contribution is -0.136. The molecule has 2 amide bonds. The predicted octanol–water partition coefficient (Wildman–Crippen LogP) is 4.38. The molecule has 0 aliphatic carbocycles. The van der Waals surface area contributed by atoms with Gasteiger partial charge in [0.1, 0.15) is 11.4 Å². The summed E-state index contributed by atoms with van der Waals surface area (Å²) in [6.45, 7) is 8.22. The molecule has 7 heteroatoms. The van der Waals surface area contributed by atoms with Crippen LogP contribution in [0.1, 0.15) is 19.4 Å². The number of nitrogens with zero attached hydrogens (tertiary/aromatic N) is 1. The number of imide groups is 1. The molecule has 1 aliphatic heterocycles. The molecule has 156 valence electrons. The van der Waals surface area contributed by atoms with E-state index in [2.05, 4.69) is 11.9 Å². The number of amides is 2. The van der Waals surface area contributed by atoms with Gasteiger partial charge < -0.3 is 10.1 Å². The van der Waals surface area contributed by atoms with Gasteiger partial charge >= 0.3 is 0 Å². The summed E-state index contributed by atoms with van der Waals surface area (Å²) in [7, 11) is 0. The number of benzene rings is 2. The minimum absolute atomic E-state index is 0.0105. The van der Waals surface area contributed by atoms with E-state index >= 15 is 0 Å². The summed E-state index contributed by atoms with van der Waals surface area (Å²) in [5, 5.41) is 2.78. The number of hydrogen-bond acceptors (Lipinski definition) is 4. The van der Waals surface area contributed by atoms with Gasteiger partial charge in [-0.15, -0.1) is 6.58 Å². The second kappa shape index (κ2) is 8.90. The molecular formula is C23H22F2N2O3. The topological polar surface area (TPSA) is 58.6 Å². The fourth-order valence-electron chi connectivity index (χ4n) is 2.95. The van der Waals surface area contributed by atoms with E-state index in [1.165, 1.54) is 12.1 Å². The minimum Gasteiger partial charge on any atom is -0.493 e. The first-order valence-corrected chi connectivity index (χ1v) is 9.48. The average Bonchev–Trinajstić information content (AvgIpc) is 2.94. The Balaban J connectivity index is 1.98. The van der Waals surface area contributed by atoms with E-state index in [0.29, 0.717) is 23.8 Å². The molecule has 0 saturated carbocycles. The Bertz CT molecular complexity index is 1010. The molecule has 2 aromatic carbocycles. The second-order valence-corrected chi connectivity index (χ2v) is 7.24. The number of rotatable bonds is 8. The lowest BCUT2D eigenvalue weighted by atomic mass is 10.0. The van der Waals surface area contributed by atoms with Crippen molar-refractivity contribution in [2.24, 2.45) is 5.92 Å². The van der Waals surface area contributed by atoms with Gasteiger partial charge in [0.15, 0.2) is 11.6 Å². The highest BCUT2D eigenvalue weighted by atomic mass is 19.2. The Hall–Kier alpha value is -3.48. The van der Waals surface area contributed by atoms with Crippen LogP contribution in [0.2, 0.25) is 0 Å². The maximum absolute atomic E-state index is 13.6. The number of ether oxygens (including phenoxy) is 1. The Kier molecular flexibility index (Phi) is 6.30. The molecule has 1 aliphatic rings. The third-order valence-electron chi connectivity index (χ3n) is 4.39. The minimum atomic E-state index is -1.06. The largest absolute Gasteiger partial charge is 0.493 e. The summed E-state index contributed by atoms with van der Waals surface area (Å²) in [4.78, 5) is 26.8. The fourth-order valence-corrected chi connectivity index (χ4v) is 2.95. The molecule has 30 heavy (non-hydrogen) atoms. The summed E-state index contributed by atoms with van der Waals surface area (Å²) in [6.07, 6.45) is 1.44. The van der Waals surface area contributed by atoms with Crippen molar-refractivity contribution >= 4 is 23.1 Å². The van der Waals surface area contributed by atoms with Crippen LogP contribution < -0.4 is 10.1 Å². The zero-order chi connectivity index (χ0) is 21.8. The van der Waals surface area contributed by atoms with E-state index in [0.717, 1.165) is 17.0 Å². The van der Waals surface area contributed by atoms with Crippen molar-refractivity contribution in [3.8, 4) is 5.75 Å². The third-order valence-corrected chi connectivity index (χ3v) is 4.39. The quantitative estimate of drug-likeness (QED) is 0.517. The van der Waals surface area contributed by atoms with Crippen LogP contribution in [0.3, 0.4) is 0 Å². The van der Waals surface area contributed by atoms with Crippen molar-refractivity contribution in [1.82, 2.24) is 4.90 Å². The van der Waals surface area contributed by atoms with Crippen molar-refractivity contribution < 1.29 is 23.1 Å². The zero-order valence-corrected chi connectivity index (χ0v) is 16.7. The number of carbonyl (C=O) groups is 2. The van der Waals surface area contributed by atoms with Crippen LogP contribution in [0.15, 0.2) is 60.8 Å². The van der Waals surface area contributed by atoms with Gasteiger partial charge in [0.05, 0.1) is 12.2 Å². The van der Waals surface area contributed by atoms with Crippen LogP contribution in [0, 0.1) is 17.6 Å². The van der Waals surface area contributed by atoms with E-state index in [-0.39, 0.29) is 23.5 Å². The number of hydrogen-bond donors (Lipinski definition) is 1. The highest BCUT2D eigenvalue weighted by molar-refractivity contribution is 6.36. The van der Waals surface area contributed by atoms with Crippen molar-refractivity contribution in [3.63, 3.8) is 0 Å². The second-order valence-electron chi connectivity index (χ2n) is 7.24. The van der Waals surface area contributed by atoms with Crippen LogP contribution in [-0.2, 0) is 9.59 Å². The molecule has 0 bridgehead atoms. The van der Waals surface area contributed by atoms with Crippen molar-refractivity contribution in [1.29, 1.82) is 0 Å². The molecule has 0 radical (unpaired) electrons. The molecule has 0 atom stereocenters. The number of carbonyl (C=O) groups excluding carboxylic acids is 2. The van der Waals surface area contributed by atoms with Crippen molar-refractivity contribution in [3.05, 3.63) is 78.0 Å². The van der Waals surface area contributed by atoms with E-state index in [4.69, 9.17) is 4.74 Å². The van der Waals surface area contributed by atoms with E-state index < -0.39 is 23.4 Å². The highest BCUT2D eigenvalue weighted by Gasteiger charge is 2.38. The summed E-state index contributed by atoms with van der Waals surface area (Å²) < 4.78 is 32.5. The molecule has 2 aromatic rings. The number of halogens is 2. The van der Waals surface area contributed by atoms with Gasteiger partial charge in [0, 0.05) is 18.3 Å². The molecule has 0 spiro atoms. The van der Waals surface area contributed by atoms with Gasteiger partial charge in [0.25, 0.3) is 11.8 Å². The summed E-state index contributed by atoms with van der Waals surface area (Å²) in [6, 6.07) is 9.96. The lowest BCUT2D eigenvalue weighted by Gasteiger charge is -2.12. The third kappa shape index (κ3) is 4.40. The molecule has 1 N–H and O–H groups in total. The van der Waals surface area contributed by atoms with Gasteiger partial charge in [-0.1, -0.05) is 32.1 Å². The van der Waals surface area contributed by atoms with E-state index in [1.54, 1.807) is 24.3 Å². The molecule has 0 saturated heterocycles. The maximum atomic E-state index is 13.6. The van der Waals surface area contributed by atoms with E-state index in [9.17, 15) is 18.4 Å². The standard InChI is InChI=1S/C23H22F2N2O3/c1-4-11-27-22(28)20(15-5-8-17(9-6-15)30-13-14(2)3)21(23(27)29)26-16-7-10-18(24)19(25)12-16/h4-10,12,14,26H,1,11,13H2,2-3H3. The lowest BCUT2D eigenvalue weighted by Crippen LogP contribution is -2.32. The van der Waals surface area contributed by atoms with Crippen LogP contribution in [0.4, 0.5) is 14.5 Å². The predicted molar refractivity (Wildman–Crippen MR) is 111 cm³/mol. The number of nitrogens with one attached hydrogen (secondary N) is 1. The van der Waals surface area contributed by atoms with Crippen LogP contribution in [-0.4, -0.2) is 29.9 Å². The Morgan fingerprint density at radius 1 is 1.07 bits per heavy atom.